The quantitative estimate of drug-likeness (QED) is 0.592. The van der Waals surface area contributed by atoms with Crippen LogP contribution >= 0.6 is 27.5 Å². The number of nitrogens with one attached hydrogen (secondary N) is 3. The van der Waals surface area contributed by atoms with E-state index in [0.29, 0.717) is 22.8 Å². The van der Waals surface area contributed by atoms with Crippen LogP contribution in [0.25, 0.3) is 0 Å². The molecule has 0 unspecified atom stereocenters. The Morgan fingerprint density at radius 1 is 1.04 bits per heavy atom. The van der Waals surface area contributed by atoms with E-state index in [0.717, 1.165) is 16.6 Å². The maximum atomic E-state index is 12.1. The molecule has 0 heterocycles. The van der Waals surface area contributed by atoms with Gasteiger partial charge in [-0.25, -0.2) is 0 Å². The number of anilines is 3. The molecular weight excluding hydrogens is 406 g/mol. The number of carbonyl (C=O) groups is 2. The summed E-state index contributed by atoms with van der Waals surface area (Å²) in [5.41, 5.74) is 1.88. The summed E-state index contributed by atoms with van der Waals surface area (Å²) in [6.07, 6.45) is 1.21. The lowest BCUT2D eigenvalue weighted by Gasteiger charge is -2.11. The van der Waals surface area contributed by atoms with E-state index >= 15 is 0 Å². The largest absolute Gasteiger partial charge is 0.376 e. The molecule has 2 amide bonds. The smallest absolute Gasteiger partial charge is 0.243 e. The maximum Gasteiger partial charge on any atom is 0.243 e. The second-order valence-electron chi connectivity index (χ2n) is 5.40. The lowest BCUT2D eigenvalue weighted by molar-refractivity contribution is -0.116. The third kappa shape index (κ3) is 6.40. The number of amides is 2. The van der Waals surface area contributed by atoms with Crippen molar-refractivity contribution in [2.75, 3.05) is 22.5 Å². The van der Waals surface area contributed by atoms with Crippen molar-refractivity contribution in [3.63, 3.8) is 0 Å². The average Bonchev–Trinajstić information content (AvgIpc) is 2.56. The van der Waals surface area contributed by atoms with Gasteiger partial charge >= 0.3 is 0 Å². The molecule has 3 N–H and O–H groups in total. The van der Waals surface area contributed by atoms with Gasteiger partial charge in [-0.05, 0) is 42.8 Å². The Labute approximate surface area is 160 Å². The fraction of sp³-hybridized carbons (Fsp3) is 0.222. The molecule has 0 radical (unpaired) electrons. The first-order chi connectivity index (χ1) is 12.0. The fourth-order valence-corrected chi connectivity index (χ4v) is 2.69. The van der Waals surface area contributed by atoms with E-state index in [-0.39, 0.29) is 18.4 Å². The molecule has 0 saturated carbocycles. The lowest BCUT2D eigenvalue weighted by Crippen LogP contribution is -2.22. The number of carbonyl (C=O) groups excluding carboxylic acids is 2. The first kappa shape index (κ1) is 19.3. The van der Waals surface area contributed by atoms with Gasteiger partial charge in [0.15, 0.2) is 0 Å². The van der Waals surface area contributed by atoms with Crippen molar-refractivity contribution < 1.29 is 9.59 Å². The Morgan fingerprint density at radius 2 is 1.84 bits per heavy atom. The highest BCUT2D eigenvalue weighted by Crippen LogP contribution is 2.25. The third-order valence-corrected chi connectivity index (χ3v) is 4.10. The van der Waals surface area contributed by atoms with E-state index in [1.54, 1.807) is 18.2 Å². The van der Waals surface area contributed by atoms with Crippen LogP contribution < -0.4 is 16.0 Å². The zero-order chi connectivity index (χ0) is 18.2. The molecule has 25 heavy (non-hydrogen) atoms. The van der Waals surface area contributed by atoms with Gasteiger partial charge in [0.05, 0.1) is 17.3 Å². The van der Waals surface area contributed by atoms with Crippen LogP contribution in [0.5, 0.6) is 0 Å². The standard InChI is InChI=1S/C18H19BrClN3O2/c1-2-4-17(24)22-14-7-8-15(20)16(10-14)23-18(25)11-21-13-6-3-5-12(19)9-13/h3,5-10,21H,2,4,11H2,1H3,(H,22,24)(H,23,25). The number of hydrogen-bond donors (Lipinski definition) is 3. The van der Waals surface area contributed by atoms with Gasteiger partial charge in [-0.15, -0.1) is 0 Å². The monoisotopic (exact) mass is 423 g/mol. The predicted molar refractivity (Wildman–Crippen MR) is 106 cm³/mol. The highest BCUT2D eigenvalue weighted by Gasteiger charge is 2.09. The first-order valence-electron chi connectivity index (χ1n) is 7.86. The van der Waals surface area contributed by atoms with Gasteiger partial charge in [0.1, 0.15) is 0 Å². The third-order valence-electron chi connectivity index (χ3n) is 3.28. The zero-order valence-corrected chi connectivity index (χ0v) is 16.1. The van der Waals surface area contributed by atoms with Gasteiger partial charge in [0.2, 0.25) is 11.8 Å². The minimum absolute atomic E-state index is 0.0709. The van der Waals surface area contributed by atoms with E-state index in [1.165, 1.54) is 0 Å². The molecule has 2 rings (SSSR count). The molecule has 0 saturated heterocycles. The summed E-state index contributed by atoms with van der Waals surface area (Å²) in [5.74, 6) is -0.308. The van der Waals surface area contributed by atoms with Crippen molar-refractivity contribution >= 4 is 56.4 Å². The molecule has 2 aromatic rings. The van der Waals surface area contributed by atoms with Crippen LogP contribution in [-0.4, -0.2) is 18.4 Å². The van der Waals surface area contributed by atoms with E-state index in [9.17, 15) is 9.59 Å². The SMILES string of the molecule is CCCC(=O)Nc1ccc(Cl)c(NC(=O)CNc2cccc(Br)c2)c1. The first-order valence-corrected chi connectivity index (χ1v) is 9.03. The molecule has 2 aromatic carbocycles. The van der Waals surface area contributed by atoms with Crippen molar-refractivity contribution in [3.8, 4) is 0 Å². The Kier molecular flexibility index (Phi) is 7.28. The molecule has 5 nitrogen and oxygen atoms in total. The Hall–Kier alpha value is -2.05. The van der Waals surface area contributed by atoms with Crippen molar-refractivity contribution in [1.29, 1.82) is 0 Å². The molecular formula is C18H19BrClN3O2. The summed E-state index contributed by atoms with van der Waals surface area (Å²) in [6, 6.07) is 12.5. The molecule has 0 aliphatic heterocycles. The molecule has 132 valence electrons. The maximum absolute atomic E-state index is 12.1. The van der Waals surface area contributed by atoms with Gasteiger partial charge in [-0.2, -0.15) is 0 Å². The van der Waals surface area contributed by atoms with Crippen LogP contribution in [0.15, 0.2) is 46.9 Å². The van der Waals surface area contributed by atoms with Gasteiger partial charge < -0.3 is 16.0 Å². The van der Waals surface area contributed by atoms with Crippen molar-refractivity contribution in [1.82, 2.24) is 0 Å². The molecule has 7 heteroatoms. The lowest BCUT2D eigenvalue weighted by atomic mass is 10.2. The van der Waals surface area contributed by atoms with Crippen LogP contribution in [0.2, 0.25) is 5.02 Å². The second-order valence-corrected chi connectivity index (χ2v) is 6.73. The summed E-state index contributed by atoms with van der Waals surface area (Å²) < 4.78 is 0.927. The molecule has 0 aromatic heterocycles. The number of hydrogen-bond acceptors (Lipinski definition) is 3. The normalized spacial score (nSPS) is 10.2. The van der Waals surface area contributed by atoms with Gasteiger partial charge in [-0.3, -0.25) is 9.59 Å². The summed E-state index contributed by atoms with van der Waals surface area (Å²) in [5, 5.41) is 8.96. The van der Waals surface area contributed by atoms with Crippen LogP contribution in [0.1, 0.15) is 19.8 Å². The Morgan fingerprint density at radius 3 is 2.56 bits per heavy atom. The minimum Gasteiger partial charge on any atom is -0.376 e. The highest BCUT2D eigenvalue weighted by molar-refractivity contribution is 9.10. The van der Waals surface area contributed by atoms with Crippen LogP contribution in [0, 0.1) is 0 Å². The Balaban J connectivity index is 1.96. The fourth-order valence-electron chi connectivity index (χ4n) is 2.12. The van der Waals surface area contributed by atoms with E-state index in [1.807, 2.05) is 31.2 Å². The topological polar surface area (TPSA) is 70.2 Å². The summed E-state index contributed by atoms with van der Waals surface area (Å²) in [7, 11) is 0. The average molecular weight is 425 g/mol. The summed E-state index contributed by atoms with van der Waals surface area (Å²) in [4.78, 5) is 23.8. The van der Waals surface area contributed by atoms with Gasteiger partial charge in [0, 0.05) is 22.3 Å². The van der Waals surface area contributed by atoms with Crippen LogP contribution in [-0.2, 0) is 9.59 Å². The summed E-state index contributed by atoms with van der Waals surface area (Å²) in [6.45, 7) is 2.03. The molecule has 0 aliphatic carbocycles. The van der Waals surface area contributed by atoms with E-state index < -0.39 is 0 Å². The van der Waals surface area contributed by atoms with Gasteiger partial charge in [-0.1, -0.05) is 40.5 Å². The molecule has 0 spiro atoms. The highest BCUT2D eigenvalue weighted by atomic mass is 79.9. The predicted octanol–water partition coefficient (Wildman–Crippen LogP) is 4.89. The van der Waals surface area contributed by atoms with Crippen molar-refractivity contribution in [2.45, 2.75) is 19.8 Å². The molecule has 0 aliphatic rings. The minimum atomic E-state index is -0.237. The Bertz CT molecular complexity index is 768. The van der Waals surface area contributed by atoms with E-state index in [4.69, 9.17) is 11.6 Å². The molecule has 0 atom stereocenters. The second kappa shape index (κ2) is 9.44. The van der Waals surface area contributed by atoms with Crippen LogP contribution in [0.4, 0.5) is 17.1 Å². The number of rotatable bonds is 7. The molecule has 0 bridgehead atoms. The van der Waals surface area contributed by atoms with Gasteiger partial charge in [0.25, 0.3) is 0 Å². The van der Waals surface area contributed by atoms with Crippen molar-refractivity contribution in [2.24, 2.45) is 0 Å². The summed E-state index contributed by atoms with van der Waals surface area (Å²) >= 11 is 9.50. The number of halogens is 2. The van der Waals surface area contributed by atoms with Crippen molar-refractivity contribution in [3.05, 3.63) is 52.0 Å². The zero-order valence-electron chi connectivity index (χ0n) is 13.7. The van der Waals surface area contributed by atoms with E-state index in [2.05, 4.69) is 31.9 Å². The molecule has 0 fully saturated rings. The van der Waals surface area contributed by atoms with Crippen LogP contribution in [0.3, 0.4) is 0 Å². The number of benzene rings is 2.